The van der Waals surface area contributed by atoms with Crippen LogP contribution in [-0.2, 0) is 4.74 Å². The Bertz CT molecular complexity index is 481. The van der Waals surface area contributed by atoms with Crippen molar-refractivity contribution >= 4 is 16.5 Å². The van der Waals surface area contributed by atoms with Gasteiger partial charge >= 0.3 is 0 Å². The number of hydrogen-bond acceptors (Lipinski definition) is 6. The quantitative estimate of drug-likeness (QED) is 0.887. The van der Waals surface area contributed by atoms with Crippen LogP contribution in [0.5, 0.6) is 0 Å². The van der Waals surface area contributed by atoms with Crippen molar-refractivity contribution in [3.63, 3.8) is 0 Å². The minimum atomic E-state index is -0.0407. The number of nitrogens with one attached hydrogen (secondary N) is 1. The molecule has 1 unspecified atom stereocenters. The van der Waals surface area contributed by atoms with Gasteiger partial charge in [-0.15, -0.1) is 10.2 Å². The molecule has 17 heavy (non-hydrogen) atoms. The van der Waals surface area contributed by atoms with E-state index in [9.17, 15) is 0 Å². The van der Waals surface area contributed by atoms with Crippen LogP contribution >= 0.6 is 11.3 Å². The van der Waals surface area contributed by atoms with Crippen LogP contribution in [0.3, 0.4) is 0 Å². The summed E-state index contributed by atoms with van der Waals surface area (Å²) in [5, 5.41) is 13.0. The van der Waals surface area contributed by atoms with Gasteiger partial charge in [-0.1, -0.05) is 11.3 Å². The molecule has 2 aromatic rings. The summed E-state index contributed by atoms with van der Waals surface area (Å²) in [6.07, 6.45) is 0. The molecule has 2 rings (SSSR count). The molecule has 0 fully saturated rings. The highest BCUT2D eigenvalue weighted by atomic mass is 32.1. The molecule has 0 aliphatic rings. The molecule has 1 atom stereocenters. The maximum absolute atomic E-state index is 5.59. The highest BCUT2D eigenvalue weighted by molar-refractivity contribution is 7.15. The van der Waals surface area contributed by atoms with Crippen molar-refractivity contribution in [1.82, 2.24) is 10.2 Å². The first-order chi connectivity index (χ1) is 8.19. The molecule has 92 valence electrons. The van der Waals surface area contributed by atoms with E-state index < -0.39 is 0 Å². The summed E-state index contributed by atoms with van der Waals surface area (Å²) in [7, 11) is 1.66. The molecular formula is C11H15N3O2S. The van der Waals surface area contributed by atoms with E-state index in [1.807, 2.05) is 26.0 Å². The van der Waals surface area contributed by atoms with Crippen molar-refractivity contribution in [2.45, 2.75) is 19.9 Å². The van der Waals surface area contributed by atoms with Crippen LogP contribution < -0.4 is 5.32 Å². The average molecular weight is 253 g/mol. The lowest BCUT2D eigenvalue weighted by Gasteiger charge is -2.14. The van der Waals surface area contributed by atoms with Crippen molar-refractivity contribution < 1.29 is 9.15 Å². The third-order valence-corrected chi connectivity index (χ3v) is 3.03. The molecule has 0 saturated heterocycles. The van der Waals surface area contributed by atoms with E-state index >= 15 is 0 Å². The summed E-state index contributed by atoms with van der Waals surface area (Å²) < 4.78 is 10.8. The predicted molar refractivity (Wildman–Crippen MR) is 66.3 cm³/mol. The van der Waals surface area contributed by atoms with Crippen molar-refractivity contribution in [2.24, 2.45) is 0 Å². The Labute approximate surface area is 104 Å². The Balaban J connectivity index is 2.12. The van der Waals surface area contributed by atoms with Gasteiger partial charge in [0.25, 0.3) is 0 Å². The second kappa shape index (κ2) is 5.29. The van der Waals surface area contributed by atoms with Crippen LogP contribution in [0.2, 0.25) is 0 Å². The lowest BCUT2D eigenvalue weighted by atomic mass is 10.2. The topological polar surface area (TPSA) is 60.2 Å². The number of methoxy groups -OCH3 is 1. The van der Waals surface area contributed by atoms with Gasteiger partial charge in [0.05, 0.1) is 6.61 Å². The summed E-state index contributed by atoms with van der Waals surface area (Å²) in [6, 6.07) is 3.84. The highest BCUT2D eigenvalue weighted by Gasteiger charge is 2.16. The van der Waals surface area contributed by atoms with Crippen LogP contribution in [0.1, 0.15) is 22.6 Å². The molecule has 0 aliphatic carbocycles. The van der Waals surface area contributed by atoms with E-state index in [4.69, 9.17) is 9.15 Å². The molecule has 0 bridgehead atoms. The first-order valence-electron chi connectivity index (χ1n) is 5.31. The molecular weight excluding hydrogens is 238 g/mol. The molecule has 0 aliphatic heterocycles. The van der Waals surface area contributed by atoms with Crippen molar-refractivity contribution in [1.29, 1.82) is 0 Å². The van der Waals surface area contributed by atoms with Crippen LogP contribution in [0.25, 0.3) is 0 Å². The lowest BCUT2D eigenvalue weighted by Crippen LogP contribution is -2.15. The lowest BCUT2D eigenvalue weighted by molar-refractivity contribution is 0.178. The minimum Gasteiger partial charge on any atom is -0.464 e. The maximum atomic E-state index is 5.59. The minimum absolute atomic E-state index is 0.0407. The standard InChI is InChI=1S/C11H15N3O2S/c1-7-4-5-10(16-7)9(6-15-3)12-11-14-13-8(2)17-11/h4-5,9H,6H2,1-3H3,(H,12,14). The van der Waals surface area contributed by atoms with E-state index in [0.717, 1.165) is 21.7 Å². The van der Waals surface area contributed by atoms with Crippen molar-refractivity contribution in [2.75, 3.05) is 19.0 Å². The molecule has 0 saturated carbocycles. The molecule has 0 spiro atoms. The fraction of sp³-hybridized carbons (Fsp3) is 0.455. The molecule has 6 heteroatoms. The average Bonchev–Trinajstić information content (AvgIpc) is 2.87. The van der Waals surface area contributed by atoms with Gasteiger partial charge in [0, 0.05) is 7.11 Å². The Morgan fingerprint density at radius 1 is 1.41 bits per heavy atom. The van der Waals surface area contributed by atoms with Crippen LogP contribution in [0.15, 0.2) is 16.5 Å². The van der Waals surface area contributed by atoms with E-state index in [1.54, 1.807) is 7.11 Å². The van der Waals surface area contributed by atoms with Gasteiger partial charge in [-0.25, -0.2) is 0 Å². The summed E-state index contributed by atoms with van der Waals surface area (Å²) in [6.45, 7) is 4.36. The zero-order chi connectivity index (χ0) is 12.3. The molecule has 5 nitrogen and oxygen atoms in total. The smallest absolute Gasteiger partial charge is 0.206 e. The number of hydrogen-bond donors (Lipinski definition) is 1. The molecule has 0 aromatic carbocycles. The zero-order valence-corrected chi connectivity index (χ0v) is 10.9. The van der Waals surface area contributed by atoms with Gasteiger partial charge in [0.15, 0.2) is 0 Å². The van der Waals surface area contributed by atoms with Crippen molar-refractivity contribution in [3.05, 3.63) is 28.7 Å². The van der Waals surface area contributed by atoms with Gasteiger partial charge < -0.3 is 14.5 Å². The number of rotatable bonds is 5. The molecule has 2 heterocycles. The summed E-state index contributed by atoms with van der Waals surface area (Å²) in [5.41, 5.74) is 0. The molecule has 0 radical (unpaired) electrons. The summed E-state index contributed by atoms with van der Waals surface area (Å²) in [4.78, 5) is 0. The molecule has 2 aromatic heterocycles. The molecule has 0 amide bonds. The Morgan fingerprint density at radius 3 is 2.76 bits per heavy atom. The van der Waals surface area contributed by atoms with E-state index in [0.29, 0.717) is 6.61 Å². The third-order valence-electron chi connectivity index (χ3n) is 2.26. The second-order valence-electron chi connectivity index (χ2n) is 3.73. The first-order valence-corrected chi connectivity index (χ1v) is 6.12. The Hall–Kier alpha value is -1.40. The SMILES string of the molecule is COCC(Nc1nnc(C)s1)c1ccc(C)o1. The summed E-state index contributed by atoms with van der Waals surface area (Å²) in [5.74, 6) is 1.73. The number of anilines is 1. The number of aromatic nitrogens is 2. The van der Waals surface area contributed by atoms with Gasteiger partial charge in [0.2, 0.25) is 5.13 Å². The van der Waals surface area contributed by atoms with Gasteiger partial charge in [-0.2, -0.15) is 0 Å². The second-order valence-corrected chi connectivity index (χ2v) is 4.91. The zero-order valence-electron chi connectivity index (χ0n) is 10.1. The van der Waals surface area contributed by atoms with Crippen LogP contribution in [0.4, 0.5) is 5.13 Å². The Kier molecular flexibility index (Phi) is 3.75. The Morgan fingerprint density at radius 2 is 2.24 bits per heavy atom. The maximum Gasteiger partial charge on any atom is 0.206 e. The van der Waals surface area contributed by atoms with Crippen LogP contribution in [0, 0.1) is 13.8 Å². The third kappa shape index (κ3) is 3.04. The van der Waals surface area contributed by atoms with E-state index in [1.165, 1.54) is 11.3 Å². The van der Waals surface area contributed by atoms with Gasteiger partial charge in [0.1, 0.15) is 22.6 Å². The normalized spacial score (nSPS) is 12.6. The number of nitrogens with zero attached hydrogens (tertiary/aromatic N) is 2. The number of aryl methyl sites for hydroxylation is 2. The van der Waals surface area contributed by atoms with Gasteiger partial charge in [-0.3, -0.25) is 0 Å². The first kappa shape index (κ1) is 12.1. The largest absolute Gasteiger partial charge is 0.464 e. The number of furan rings is 1. The predicted octanol–water partition coefficient (Wildman–Crippen LogP) is 2.55. The fourth-order valence-corrected chi connectivity index (χ4v) is 2.15. The summed E-state index contributed by atoms with van der Waals surface area (Å²) >= 11 is 1.51. The van der Waals surface area contributed by atoms with E-state index in [-0.39, 0.29) is 6.04 Å². The van der Waals surface area contributed by atoms with Crippen LogP contribution in [-0.4, -0.2) is 23.9 Å². The monoisotopic (exact) mass is 253 g/mol. The fourth-order valence-electron chi connectivity index (χ4n) is 1.51. The highest BCUT2D eigenvalue weighted by Crippen LogP contribution is 2.23. The number of ether oxygens (including phenoxy) is 1. The molecule has 1 N–H and O–H groups in total. The van der Waals surface area contributed by atoms with Gasteiger partial charge in [-0.05, 0) is 26.0 Å². The van der Waals surface area contributed by atoms with Crippen molar-refractivity contribution in [3.8, 4) is 0 Å². The van der Waals surface area contributed by atoms with E-state index in [2.05, 4.69) is 15.5 Å².